The lowest BCUT2D eigenvalue weighted by atomic mass is 9.86. The van der Waals surface area contributed by atoms with Crippen molar-refractivity contribution in [2.24, 2.45) is 0 Å². The molecule has 0 fully saturated rings. The summed E-state index contributed by atoms with van der Waals surface area (Å²) in [6.45, 7) is 0.750. The molecular weight excluding hydrogens is 411 g/mol. The fourth-order valence-corrected chi connectivity index (χ4v) is 4.40. The quantitative estimate of drug-likeness (QED) is 0.404. The van der Waals surface area contributed by atoms with E-state index in [4.69, 9.17) is 5.10 Å². The van der Waals surface area contributed by atoms with Crippen LogP contribution in [0.1, 0.15) is 33.9 Å². The molecule has 0 radical (unpaired) electrons. The topological polar surface area (TPSA) is 29.9 Å². The first-order valence-electron chi connectivity index (χ1n) is 10.6. The fourth-order valence-electron chi connectivity index (χ4n) is 4.40. The van der Waals surface area contributed by atoms with Crippen LogP contribution in [-0.2, 0) is 19.0 Å². The molecule has 1 aliphatic heterocycles. The van der Waals surface area contributed by atoms with Gasteiger partial charge < -0.3 is 5.32 Å². The van der Waals surface area contributed by atoms with Crippen molar-refractivity contribution >= 4 is 5.82 Å². The van der Waals surface area contributed by atoms with Gasteiger partial charge in [0.25, 0.3) is 0 Å². The molecule has 32 heavy (non-hydrogen) atoms. The zero-order valence-corrected chi connectivity index (χ0v) is 17.3. The molecule has 3 aromatic carbocycles. The maximum atomic E-state index is 13.3. The van der Waals surface area contributed by atoms with Gasteiger partial charge in [-0.15, -0.1) is 0 Å². The third kappa shape index (κ3) is 3.88. The van der Waals surface area contributed by atoms with Gasteiger partial charge in [0.1, 0.15) is 5.82 Å². The third-order valence-corrected chi connectivity index (χ3v) is 5.95. The highest BCUT2D eigenvalue weighted by molar-refractivity contribution is 5.58. The van der Waals surface area contributed by atoms with Crippen LogP contribution in [0, 0.1) is 0 Å². The van der Waals surface area contributed by atoms with Gasteiger partial charge in [-0.1, -0.05) is 66.7 Å². The van der Waals surface area contributed by atoms with Gasteiger partial charge in [-0.05, 0) is 35.7 Å². The standard InChI is InChI=1S/C26H22F3N3/c27-26(28,29)20-12-7-13-21(16-20)32-25-22(14-15-30-25)24(31-32)17-23(18-8-3-1-4-9-18)19-10-5-2-6-11-19/h1-13,16,23,30H,14-15,17H2. The second-order valence-electron chi connectivity index (χ2n) is 7.99. The van der Waals surface area contributed by atoms with E-state index in [1.54, 1.807) is 10.7 Å². The molecule has 2 heterocycles. The van der Waals surface area contributed by atoms with Crippen LogP contribution >= 0.6 is 0 Å². The molecule has 1 aliphatic rings. The predicted octanol–water partition coefficient (Wildman–Crippen LogP) is 6.23. The van der Waals surface area contributed by atoms with Crippen molar-refractivity contribution < 1.29 is 13.2 Å². The Morgan fingerprint density at radius 1 is 0.875 bits per heavy atom. The van der Waals surface area contributed by atoms with Gasteiger partial charge in [0.05, 0.1) is 16.9 Å². The van der Waals surface area contributed by atoms with E-state index in [0.29, 0.717) is 12.1 Å². The third-order valence-electron chi connectivity index (χ3n) is 5.95. The minimum atomic E-state index is -4.39. The zero-order chi connectivity index (χ0) is 22.1. The number of benzene rings is 3. The molecule has 0 saturated carbocycles. The molecule has 0 saturated heterocycles. The number of nitrogens with zero attached hydrogens (tertiary/aromatic N) is 2. The van der Waals surface area contributed by atoms with Crippen molar-refractivity contribution in [1.29, 1.82) is 0 Å². The number of hydrogen-bond donors (Lipinski definition) is 1. The van der Waals surface area contributed by atoms with Gasteiger partial charge in [-0.25, -0.2) is 4.68 Å². The number of halogens is 3. The van der Waals surface area contributed by atoms with Crippen molar-refractivity contribution in [2.75, 3.05) is 11.9 Å². The number of nitrogens with one attached hydrogen (secondary N) is 1. The van der Waals surface area contributed by atoms with E-state index >= 15 is 0 Å². The highest BCUT2D eigenvalue weighted by Crippen LogP contribution is 2.36. The normalized spacial score (nSPS) is 13.2. The lowest BCUT2D eigenvalue weighted by Gasteiger charge is -2.17. The average molecular weight is 433 g/mol. The van der Waals surface area contributed by atoms with Crippen LogP contribution < -0.4 is 5.32 Å². The molecule has 3 nitrogen and oxygen atoms in total. The van der Waals surface area contributed by atoms with Gasteiger partial charge in [0.15, 0.2) is 0 Å². The Balaban J connectivity index is 1.56. The van der Waals surface area contributed by atoms with Crippen LogP contribution in [0.2, 0.25) is 0 Å². The first-order chi connectivity index (χ1) is 15.5. The molecule has 6 heteroatoms. The molecule has 0 unspecified atom stereocenters. The van der Waals surface area contributed by atoms with E-state index in [2.05, 4.69) is 29.6 Å². The maximum Gasteiger partial charge on any atom is 0.416 e. The fraction of sp³-hybridized carbons (Fsp3) is 0.192. The Kier molecular flexibility index (Phi) is 5.21. The SMILES string of the molecule is FC(F)(F)c1cccc(-n2nc(CC(c3ccccc3)c3ccccc3)c3c2NCC3)c1. The van der Waals surface area contributed by atoms with Gasteiger partial charge in [0, 0.05) is 24.4 Å². The molecule has 1 N–H and O–H groups in total. The first kappa shape index (κ1) is 20.4. The molecule has 4 aromatic rings. The van der Waals surface area contributed by atoms with Crippen molar-refractivity contribution in [3.63, 3.8) is 0 Å². The van der Waals surface area contributed by atoms with Gasteiger partial charge in [0.2, 0.25) is 0 Å². The van der Waals surface area contributed by atoms with Crippen LogP contribution in [0.5, 0.6) is 0 Å². The zero-order valence-electron chi connectivity index (χ0n) is 17.3. The summed E-state index contributed by atoms with van der Waals surface area (Å²) in [5.41, 5.74) is 4.11. The van der Waals surface area contributed by atoms with E-state index in [-0.39, 0.29) is 5.92 Å². The van der Waals surface area contributed by atoms with Gasteiger partial charge in [-0.3, -0.25) is 0 Å². The summed E-state index contributed by atoms with van der Waals surface area (Å²) in [6.07, 6.45) is -2.92. The first-order valence-corrected chi connectivity index (χ1v) is 10.6. The summed E-state index contributed by atoms with van der Waals surface area (Å²) < 4.78 is 41.4. The minimum absolute atomic E-state index is 0.104. The summed E-state index contributed by atoms with van der Waals surface area (Å²) in [7, 11) is 0. The predicted molar refractivity (Wildman–Crippen MR) is 119 cm³/mol. The number of aromatic nitrogens is 2. The lowest BCUT2D eigenvalue weighted by molar-refractivity contribution is -0.137. The minimum Gasteiger partial charge on any atom is -0.369 e. The van der Waals surface area contributed by atoms with E-state index in [9.17, 15) is 13.2 Å². The van der Waals surface area contributed by atoms with Crippen LogP contribution in [0.15, 0.2) is 84.9 Å². The molecule has 0 atom stereocenters. The number of rotatable bonds is 5. The summed E-state index contributed by atoms with van der Waals surface area (Å²) >= 11 is 0. The van der Waals surface area contributed by atoms with Gasteiger partial charge >= 0.3 is 6.18 Å². The Labute approximate surface area is 184 Å². The molecule has 5 rings (SSSR count). The second kappa shape index (κ2) is 8.19. The molecule has 0 aliphatic carbocycles. The highest BCUT2D eigenvalue weighted by atomic mass is 19.4. The van der Waals surface area contributed by atoms with E-state index in [1.807, 2.05) is 36.4 Å². The van der Waals surface area contributed by atoms with E-state index in [0.717, 1.165) is 42.2 Å². The average Bonchev–Trinajstić information content (AvgIpc) is 3.42. The maximum absolute atomic E-state index is 13.3. The van der Waals surface area contributed by atoms with E-state index < -0.39 is 11.7 Å². The number of hydrogen-bond acceptors (Lipinski definition) is 2. The molecular formula is C26H22F3N3. The van der Waals surface area contributed by atoms with Crippen molar-refractivity contribution in [1.82, 2.24) is 9.78 Å². The largest absolute Gasteiger partial charge is 0.416 e. The van der Waals surface area contributed by atoms with Crippen LogP contribution in [0.4, 0.5) is 19.0 Å². The van der Waals surface area contributed by atoms with Crippen molar-refractivity contribution in [3.8, 4) is 5.69 Å². The number of fused-ring (bicyclic) bond motifs is 1. The smallest absolute Gasteiger partial charge is 0.369 e. The van der Waals surface area contributed by atoms with Crippen LogP contribution in [0.3, 0.4) is 0 Å². The Morgan fingerprint density at radius 2 is 1.53 bits per heavy atom. The van der Waals surface area contributed by atoms with Crippen LogP contribution in [0.25, 0.3) is 5.69 Å². The monoisotopic (exact) mass is 433 g/mol. The molecule has 0 bridgehead atoms. The second-order valence-corrected chi connectivity index (χ2v) is 7.99. The Bertz CT molecular complexity index is 1170. The Morgan fingerprint density at radius 3 is 2.16 bits per heavy atom. The van der Waals surface area contributed by atoms with Crippen LogP contribution in [-0.4, -0.2) is 16.3 Å². The number of anilines is 1. The Hall–Kier alpha value is -3.54. The summed E-state index contributed by atoms with van der Waals surface area (Å²) in [4.78, 5) is 0. The molecule has 0 spiro atoms. The summed E-state index contributed by atoms with van der Waals surface area (Å²) in [6, 6.07) is 25.9. The molecule has 162 valence electrons. The summed E-state index contributed by atoms with van der Waals surface area (Å²) in [5.74, 6) is 0.895. The number of alkyl halides is 3. The van der Waals surface area contributed by atoms with Crippen molar-refractivity contribution in [2.45, 2.75) is 24.9 Å². The van der Waals surface area contributed by atoms with E-state index in [1.165, 1.54) is 17.2 Å². The van der Waals surface area contributed by atoms with Crippen molar-refractivity contribution in [3.05, 3.63) is 113 Å². The molecule has 1 aromatic heterocycles. The summed E-state index contributed by atoms with van der Waals surface area (Å²) in [5, 5.41) is 8.12. The highest BCUT2D eigenvalue weighted by Gasteiger charge is 2.31. The molecule has 0 amide bonds. The van der Waals surface area contributed by atoms with Gasteiger partial charge in [-0.2, -0.15) is 18.3 Å². The lowest BCUT2D eigenvalue weighted by Crippen LogP contribution is -2.10.